The molecule has 0 saturated heterocycles. The molecule has 0 fully saturated rings. The van der Waals surface area contributed by atoms with Crippen LogP contribution in [0.1, 0.15) is 29.9 Å². The van der Waals surface area contributed by atoms with Gasteiger partial charge < -0.3 is 0 Å². The summed E-state index contributed by atoms with van der Waals surface area (Å²) in [6.45, 7) is 0. The maximum Gasteiger partial charge on any atom is 0.127 e. The summed E-state index contributed by atoms with van der Waals surface area (Å²) in [5.41, 5.74) is 1.77. The fourth-order valence-corrected chi connectivity index (χ4v) is 2.20. The summed E-state index contributed by atoms with van der Waals surface area (Å²) in [5, 5.41) is 9.18. The maximum atomic E-state index is 13.6. The Morgan fingerprint density at radius 1 is 1.00 bits per heavy atom. The summed E-state index contributed by atoms with van der Waals surface area (Å²) >= 11 is 0. The second kappa shape index (κ2) is 6.70. The number of halogens is 1. The summed E-state index contributed by atoms with van der Waals surface area (Å²) in [5.74, 6) is -0.640. The molecule has 96 valence electrons. The molecule has 0 aliphatic rings. The van der Waals surface area contributed by atoms with Gasteiger partial charge in [0.25, 0.3) is 0 Å². The van der Waals surface area contributed by atoms with Crippen molar-refractivity contribution in [3.8, 4) is 6.07 Å². The van der Waals surface area contributed by atoms with Crippen LogP contribution in [0.25, 0.3) is 0 Å². The Balaban J connectivity index is 1.94. The normalized spacial score (nSPS) is 11.8. The van der Waals surface area contributed by atoms with Gasteiger partial charge in [-0.3, -0.25) is 0 Å². The van der Waals surface area contributed by atoms with Crippen LogP contribution in [0.4, 0.5) is 4.39 Å². The van der Waals surface area contributed by atoms with Crippen LogP contribution in [0.15, 0.2) is 54.6 Å². The molecule has 19 heavy (non-hydrogen) atoms. The van der Waals surface area contributed by atoms with E-state index in [4.69, 9.17) is 0 Å². The number of benzene rings is 2. The molecule has 0 N–H and O–H groups in total. The number of rotatable bonds is 5. The molecule has 2 heteroatoms. The predicted octanol–water partition coefficient (Wildman–Crippen LogP) is 4.46. The minimum Gasteiger partial charge on any atom is -0.207 e. The standard InChI is InChI=1S/C17H16FN/c18-17-12-5-4-11-16(17)15(13-19)10-6-9-14-7-2-1-3-8-14/h1-5,7-8,11-12,15H,6,9-10H2. The third-order valence-electron chi connectivity index (χ3n) is 3.24. The van der Waals surface area contributed by atoms with Gasteiger partial charge in [-0.1, -0.05) is 48.5 Å². The van der Waals surface area contributed by atoms with Crippen molar-refractivity contribution < 1.29 is 4.39 Å². The Labute approximate surface area is 113 Å². The van der Waals surface area contributed by atoms with Gasteiger partial charge >= 0.3 is 0 Å². The first-order valence-electron chi connectivity index (χ1n) is 6.49. The highest BCUT2D eigenvalue weighted by Gasteiger charge is 2.14. The molecule has 1 unspecified atom stereocenters. The lowest BCUT2D eigenvalue weighted by molar-refractivity contribution is 0.584. The van der Waals surface area contributed by atoms with Crippen molar-refractivity contribution in [2.24, 2.45) is 0 Å². The quantitative estimate of drug-likeness (QED) is 0.772. The summed E-state index contributed by atoms with van der Waals surface area (Å²) in [6, 6.07) is 18.9. The molecule has 0 aliphatic heterocycles. The highest BCUT2D eigenvalue weighted by atomic mass is 19.1. The Morgan fingerprint density at radius 3 is 2.37 bits per heavy atom. The van der Waals surface area contributed by atoms with Crippen LogP contribution < -0.4 is 0 Å². The Kier molecular flexibility index (Phi) is 4.69. The predicted molar refractivity (Wildman–Crippen MR) is 74.1 cm³/mol. The molecule has 0 radical (unpaired) electrons. The third kappa shape index (κ3) is 3.66. The van der Waals surface area contributed by atoms with Gasteiger partial charge in [-0.2, -0.15) is 5.26 Å². The van der Waals surface area contributed by atoms with Gasteiger partial charge in [0.1, 0.15) is 5.82 Å². The van der Waals surface area contributed by atoms with E-state index in [9.17, 15) is 9.65 Å². The zero-order valence-electron chi connectivity index (χ0n) is 10.7. The molecule has 2 aromatic carbocycles. The molecular weight excluding hydrogens is 237 g/mol. The zero-order chi connectivity index (χ0) is 13.5. The molecule has 0 saturated carbocycles. The number of hydrogen-bond donors (Lipinski definition) is 0. The molecule has 0 amide bonds. The minimum absolute atomic E-state index is 0.284. The van der Waals surface area contributed by atoms with Crippen LogP contribution in [0.5, 0.6) is 0 Å². The number of nitrogens with zero attached hydrogens (tertiary/aromatic N) is 1. The van der Waals surface area contributed by atoms with Crippen LogP contribution in [0.2, 0.25) is 0 Å². The summed E-state index contributed by atoms with van der Waals surface area (Å²) in [6.07, 6.45) is 2.50. The van der Waals surface area contributed by atoms with Crippen molar-refractivity contribution in [2.75, 3.05) is 0 Å². The summed E-state index contributed by atoms with van der Waals surface area (Å²) < 4.78 is 13.6. The van der Waals surface area contributed by atoms with E-state index < -0.39 is 0 Å². The Hall–Kier alpha value is -2.14. The van der Waals surface area contributed by atoms with E-state index in [1.807, 2.05) is 18.2 Å². The largest absolute Gasteiger partial charge is 0.207 e. The van der Waals surface area contributed by atoms with E-state index in [1.165, 1.54) is 11.6 Å². The van der Waals surface area contributed by atoms with Crippen LogP contribution in [-0.4, -0.2) is 0 Å². The van der Waals surface area contributed by atoms with Gasteiger partial charge in [0.05, 0.1) is 12.0 Å². The van der Waals surface area contributed by atoms with Gasteiger partial charge in [-0.25, -0.2) is 4.39 Å². The van der Waals surface area contributed by atoms with Gasteiger partial charge in [0.2, 0.25) is 0 Å². The van der Waals surface area contributed by atoms with E-state index in [0.29, 0.717) is 12.0 Å². The molecule has 0 bridgehead atoms. The second-order valence-corrected chi connectivity index (χ2v) is 4.58. The van der Waals surface area contributed by atoms with Crippen molar-refractivity contribution in [1.29, 1.82) is 5.26 Å². The van der Waals surface area contributed by atoms with E-state index >= 15 is 0 Å². The number of nitriles is 1. The van der Waals surface area contributed by atoms with Crippen molar-refractivity contribution in [3.05, 3.63) is 71.5 Å². The molecule has 1 nitrogen and oxygen atoms in total. The van der Waals surface area contributed by atoms with E-state index in [2.05, 4.69) is 18.2 Å². The minimum atomic E-state index is -0.357. The summed E-state index contributed by atoms with van der Waals surface area (Å²) in [7, 11) is 0. The first-order chi connectivity index (χ1) is 9.31. The van der Waals surface area contributed by atoms with Crippen molar-refractivity contribution in [1.82, 2.24) is 0 Å². The van der Waals surface area contributed by atoms with E-state index in [1.54, 1.807) is 18.2 Å². The zero-order valence-corrected chi connectivity index (χ0v) is 10.7. The fraction of sp³-hybridized carbons (Fsp3) is 0.235. The molecule has 2 rings (SSSR count). The van der Waals surface area contributed by atoms with Gasteiger partial charge in [0, 0.05) is 5.56 Å². The fourth-order valence-electron chi connectivity index (χ4n) is 2.20. The average Bonchev–Trinajstić information content (AvgIpc) is 2.46. The van der Waals surface area contributed by atoms with Crippen molar-refractivity contribution >= 4 is 0 Å². The number of hydrogen-bond acceptors (Lipinski definition) is 1. The first kappa shape index (κ1) is 13.3. The van der Waals surface area contributed by atoms with Crippen LogP contribution >= 0.6 is 0 Å². The number of aryl methyl sites for hydroxylation is 1. The lowest BCUT2D eigenvalue weighted by Crippen LogP contribution is -2.00. The van der Waals surface area contributed by atoms with Crippen molar-refractivity contribution in [2.45, 2.75) is 25.2 Å². The molecule has 2 aromatic rings. The average molecular weight is 253 g/mol. The lowest BCUT2D eigenvalue weighted by atomic mass is 9.93. The Morgan fingerprint density at radius 2 is 1.68 bits per heavy atom. The molecular formula is C17H16FN. The summed E-state index contributed by atoms with van der Waals surface area (Å²) in [4.78, 5) is 0. The van der Waals surface area contributed by atoms with Crippen molar-refractivity contribution in [3.63, 3.8) is 0 Å². The molecule has 0 spiro atoms. The lowest BCUT2D eigenvalue weighted by Gasteiger charge is -2.10. The molecule has 0 aromatic heterocycles. The third-order valence-corrected chi connectivity index (χ3v) is 3.24. The topological polar surface area (TPSA) is 23.8 Å². The van der Waals surface area contributed by atoms with Gasteiger partial charge in [-0.15, -0.1) is 0 Å². The molecule has 1 atom stereocenters. The SMILES string of the molecule is N#CC(CCCc1ccccc1)c1ccccc1F. The smallest absolute Gasteiger partial charge is 0.127 e. The van der Waals surface area contributed by atoms with Crippen LogP contribution in [-0.2, 0) is 6.42 Å². The first-order valence-corrected chi connectivity index (χ1v) is 6.49. The van der Waals surface area contributed by atoms with Crippen LogP contribution in [0.3, 0.4) is 0 Å². The maximum absolute atomic E-state index is 13.6. The van der Waals surface area contributed by atoms with E-state index in [-0.39, 0.29) is 11.7 Å². The Bertz CT molecular complexity index is 557. The van der Waals surface area contributed by atoms with Gasteiger partial charge in [0.15, 0.2) is 0 Å². The van der Waals surface area contributed by atoms with E-state index in [0.717, 1.165) is 12.8 Å². The molecule has 0 aliphatic carbocycles. The van der Waals surface area contributed by atoms with Crippen LogP contribution in [0, 0.1) is 17.1 Å². The highest BCUT2D eigenvalue weighted by molar-refractivity contribution is 5.26. The highest BCUT2D eigenvalue weighted by Crippen LogP contribution is 2.23. The second-order valence-electron chi connectivity index (χ2n) is 4.58. The monoisotopic (exact) mass is 253 g/mol. The molecule has 0 heterocycles. The van der Waals surface area contributed by atoms with Gasteiger partial charge in [-0.05, 0) is 30.9 Å².